The molecule has 3 rings (SSSR count). The van der Waals surface area contributed by atoms with E-state index in [9.17, 15) is 4.79 Å². The molecular weight excluding hydrogens is 306 g/mol. The Bertz CT molecular complexity index is 799. The minimum absolute atomic E-state index is 0. The number of halogens is 1. The first-order valence-electron chi connectivity index (χ1n) is 6.72. The van der Waals surface area contributed by atoms with Gasteiger partial charge in [-0.25, -0.2) is 9.78 Å². The Kier molecular flexibility index (Phi) is 5.16. The van der Waals surface area contributed by atoms with E-state index >= 15 is 0 Å². The summed E-state index contributed by atoms with van der Waals surface area (Å²) in [5.74, 6) is 0.690. The molecule has 116 valence electrons. The Morgan fingerprint density at radius 2 is 2.18 bits per heavy atom. The Morgan fingerprint density at radius 3 is 2.95 bits per heavy atom. The number of benzene rings is 1. The number of nitrogens with zero attached hydrogens (tertiary/aromatic N) is 3. The first-order chi connectivity index (χ1) is 10.2. The second-order valence-electron chi connectivity index (χ2n) is 4.77. The fourth-order valence-corrected chi connectivity index (χ4v) is 2.16. The normalized spacial score (nSPS) is 10.4. The molecule has 6 nitrogen and oxygen atoms in total. The van der Waals surface area contributed by atoms with Gasteiger partial charge in [0.15, 0.2) is 0 Å². The maximum Gasteiger partial charge on any atom is 0.336 e. The highest BCUT2D eigenvalue weighted by Crippen LogP contribution is 2.22. The van der Waals surface area contributed by atoms with Crippen molar-refractivity contribution in [2.24, 2.45) is 0 Å². The monoisotopic (exact) mass is 321 g/mol. The lowest BCUT2D eigenvalue weighted by molar-refractivity contribution is 0.298. The van der Waals surface area contributed by atoms with Gasteiger partial charge in [0.2, 0.25) is 0 Å². The van der Waals surface area contributed by atoms with Crippen molar-refractivity contribution in [3.63, 3.8) is 0 Å². The minimum Gasteiger partial charge on any atom is -0.493 e. The summed E-state index contributed by atoms with van der Waals surface area (Å²) in [5, 5.41) is 4.94. The smallest absolute Gasteiger partial charge is 0.336 e. The van der Waals surface area contributed by atoms with Crippen LogP contribution in [0.3, 0.4) is 0 Å². The summed E-state index contributed by atoms with van der Waals surface area (Å²) in [5.41, 5.74) is 1.11. The summed E-state index contributed by atoms with van der Waals surface area (Å²) in [6, 6.07) is 7.02. The highest BCUT2D eigenvalue weighted by atomic mass is 35.5. The summed E-state index contributed by atoms with van der Waals surface area (Å²) in [6.45, 7) is 3.20. The molecule has 0 radical (unpaired) electrons. The van der Waals surface area contributed by atoms with Crippen molar-refractivity contribution in [3.8, 4) is 5.75 Å². The molecule has 3 aromatic rings. The van der Waals surface area contributed by atoms with Gasteiger partial charge in [-0.3, -0.25) is 4.68 Å². The third kappa shape index (κ3) is 3.65. The van der Waals surface area contributed by atoms with Crippen LogP contribution in [-0.2, 0) is 6.54 Å². The van der Waals surface area contributed by atoms with Crippen LogP contribution in [0, 0.1) is 6.92 Å². The van der Waals surface area contributed by atoms with Gasteiger partial charge in [0.05, 0.1) is 6.61 Å². The van der Waals surface area contributed by atoms with Gasteiger partial charge in [-0.05, 0) is 24.6 Å². The number of rotatable bonds is 5. The molecule has 0 spiro atoms. The second-order valence-corrected chi connectivity index (χ2v) is 4.77. The van der Waals surface area contributed by atoms with E-state index in [2.05, 4.69) is 10.1 Å². The summed E-state index contributed by atoms with van der Waals surface area (Å²) in [7, 11) is 0. The Hall–Kier alpha value is -2.34. The van der Waals surface area contributed by atoms with Gasteiger partial charge < -0.3 is 9.15 Å². The van der Waals surface area contributed by atoms with E-state index in [1.165, 1.54) is 12.4 Å². The van der Waals surface area contributed by atoms with Crippen molar-refractivity contribution in [1.29, 1.82) is 0 Å². The SMILES string of the molecule is Cc1cc(=O)oc2cc(OCCCn3cncn3)ccc12.Cl. The number of aromatic nitrogens is 3. The first-order valence-corrected chi connectivity index (χ1v) is 6.72. The largest absolute Gasteiger partial charge is 0.493 e. The Balaban J connectivity index is 0.00000176. The molecule has 0 fully saturated rings. The van der Waals surface area contributed by atoms with Crippen molar-refractivity contribution in [3.05, 3.63) is 52.9 Å². The molecule has 0 aliphatic rings. The van der Waals surface area contributed by atoms with Crippen LogP contribution in [0.15, 0.2) is 46.1 Å². The molecule has 0 amide bonds. The topological polar surface area (TPSA) is 70.2 Å². The number of hydrogen-bond acceptors (Lipinski definition) is 5. The van der Waals surface area contributed by atoms with Gasteiger partial charge in [0.1, 0.15) is 24.0 Å². The molecular formula is C15H16ClN3O3. The van der Waals surface area contributed by atoms with Crippen LogP contribution in [0.4, 0.5) is 0 Å². The van der Waals surface area contributed by atoms with Gasteiger partial charge in [-0.15, -0.1) is 12.4 Å². The van der Waals surface area contributed by atoms with Gasteiger partial charge in [-0.1, -0.05) is 0 Å². The highest BCUT2D eigenvalue weighted by molar-refractivity contribution is 5.85. The quantitative estimate of drug-likeness (QED) is 0.533. The van der Waals surface area contributed by atoms with Crippen molar-refractivity contribution >= 4 is 23.4 Å². The molecule has 0 aliphatic heterocycles. The third-order valence-corrected chi connectivity index (χ3v) is 3.19. The molecule has 2 aromatic heterocycles. The van der Waals surface area contributed by atoms with Crippen molar-refractivity contribution in [2.75, 3.05) is 6.61 Å². The molecule has 0 bridgehead atoms. The predicted octanol–water partition coefficient (Wildman–Crippen LogP) is 2.58. The van der Waals surface area contributed by atoms with Crippen molar-refractivity contribution in [2.45, 2.75) is 19.9 Å². The van der Waals surface area contributed by atoms with E-state index < -0.39 is 0 Å². The molecule has 2 heterocycles. The summed E-state index contributed by atoms with van der Waals surface area (Å²) in [4.78, 5) is 15.3. The van der Waals surface area contributed by atoms with E-state index in [4.69, 9.17) is 9.15 Å². The van der Waals surface area contributed by atoms with E-state index in [0.717, 1.165) is 23.9 Å². The van der Waals surface area contributed by atoms with Crippen LogP contribution in [0.5, 0.6) is 5.75 Å². The number of aryl methyl sites for hydroxylation is 2. The first kappa shape index (κ1) is 16.0. The van der Waals surface area contributed by atoms with Crippen LogP contribution in [-0.4, -0.2) is 21.4 Å². The van der Waals surface area contributed by atoms with Crippen LogP contribution in [0.1, 0.15) is 12.0 Å². The lowest BCUT2D eigenvalue weighted by Gasteiger charge is -2.07. The van der Waals surface area contributed by atoms with Crippen molar-refractivity contribution < 1.29 is 9.15 Å². The molecule has 0 saturated carbocycles. The molecule has 0 unspecified atom stereocenters. The van der Waals surface area contributed by atoms with E-state index in [1.807, 2.05) is 19.1 Å². The zero-order valence-electron chi connectivity index (χ0n) is 12.1. The molecule has 22 heavy (non-hydrogen) atoms. The molecule has 0 aliphatic carbocycles. The summed E-state index contributed by atoms with van der Waals surface area (Å²) < 4.78 is 12.6. The number of ether oxygens (including phenoxy) is 1. The summed E-state index contributed by atoms with van der Waals surface area (Å²) >= 11 is 0. The Labute approximate surface area is 133 Å². The lowest BCUT2D eigenvalue weighted by atomic mass is 10.1. The van der Waals surface area contributed by atoms with Gasteiger partial charge >= 0.3 is 5.63 Å². The molecule has 1 aromatic carbocycles. The third-order valence-electron chi connectivity index (χ3n) is 3.19. The molecule has 0 saturated heterocycles. The maximum atomic E-state index is 11.4. The van der Waals surface area contributed by atoms with Crippen molar-refractivity contribution in [1.82, 2.24) is 14.8 Å². The highest BCUT2D eigenvalue weighted by Gasteiger charge is 2.04. The number of hydrogen-bond donors (Lipinski definition) is 0. The van der Waals surface area contributed by atoms with Gasteiger partial charge in [0, 0.05) is 30.5 Å². The van der Waals surface area contributed by atoms with Gasteiger partial charge in [0.25, 0.3) is 0 Å². The van der Waals surface area contributed by atoms with Crippen LogP contribution >= 0.6 is 12.4 Å². The number of fused-ring (bicyclic) bond motifs is 1. The standard InChI is InChI=1S/C15H15N3O3.ClH/c1-11-7-15(19)21-14-8-12(3-4-13(11)14)20-6-2-5-18-10-16-9-17-18;/h3-4,7-10H,2,5-6H2,1H3;1H. The zero-order chi connectivity index (χ0) is 14.7. The van der Waals surface area contributed by atoms with E-state index in [-0.39, 0.29) is 18.0 Å². The fourth-order valence-electron chi connectivity index (χ4n) is 2.16. The average molecular weight is 322 g/mol. The van der Waals surface area contributed by atoms with Crippen LogP contribution in [0.2, 0.25) is 0 Å². The predicted molar refractivity (Wildman–Crippen MR) is 84.6 cm³/mol. The Morgan fingerprint density at radius 1 is 1.32 bits per heavy atom. The van der Waals surface area contributed by atoms with E-state index in [0.29, 0.717) is 17.9 Å². The minimum atomic E-state index is -0.344. The maximum absolute atomic E-state index is 11.4. The van der Waals surface area contributed by atoms with Gasteiger partial charge in [-0.2, -0.15) is 5.10 Å². The molecule has 0 atom stereocenters. The fraction of sp³-hybridized carbons (Fsp3) is 0.267. The second kappa shape index (κ2) is 7.09. The van der Waals surface area contributed by atoms with Crippen LogP contribution in [0.25, 0.3) is 11.0 Å². The van der Waals surface area contributed by atoms with E-state index in [1.54, 1.807) is 17.1 Å². The molecule has 7 heteroatoms. The summed E-state index contributed by atoms with van der Waals surface area (Å²) in [6.07, 6.45) is 4.00. The van der Waals surface area contributed by atoms with Crippen LogP contribution < -0.4 is 10.4 Å². The lowest BCUT2D eigenvalue weighted by Crippen LogP contribution is -2.05. The average Bonchev–Trinajstić information content (AvgIpc) is 2.96. The zero-order valence-corrected chi connectivity index (χ0v) is 12.9. The molecule has 0 N–H and O–H groups in total.